The molecule has 0 radical (unpaired) electrons. The number of ketones is 1. The molecule has 4 heteroatoms. The summed E-state index contributed by atoms with van der Waals surface area (Å²) in [6.45, 7) is 5.22. The maximum Gasteiger partial charge on any atom is 0.376 e. The summed E-state index contributed by atoms with van der Waals surface area (Å²) in [5.74, 6) is -0.901. The lowest BCUT2D eigenvalue weighted by Gasteiger charge is -2.24. The summed E-state index contributed by atoms with van der Waals surface area (Å²) in [5.41, 5.74) is 5.18. The summed E-state index contributed by atoms with van der Waals surface area (Å²) in [5, 5.41) is 0. The molecule has 0 amide bonds. The van der Waals surface area contributed by atoms with Gasteiger partial charge < -0.3 is 10.5 Å². The molecule has 1 saturated carbocycles. The fraction of sp³-hybridized carbons (Fsp3) is 0.857. The minimum absolute atomic E-state index is 0.486. The molecule has 0 spiro atoms. The number of hydrogen-bond donors (Lipinski definition) is 1. The Morgan fingerprint density at radius 2 is 1.78 bits per heavy atom. The van der Waals surface area contributed by atoms with Crippen molar-refractivity contribution in [3.05, 3.63) is 0 Å². The van der Waals surface area contributed by atoms with Crippen molar-refractivity contribution in [1.29, 1.82) is 0 Å². The molecule has 1 atom stereocenters. The van der Waals surface area contributed by atoms with Crippen LogP contribution in [0.2, 0.25) is 0 Å². The summed E-state index contributed by atoms with van der Waals surface area (Å²) in [4.78, 5) is 23.4. The van der Waals surface area contributed by atoms with Gasteiger partial charge in [0.15, 0.2) is 0 Å². The average Bonchev–Trinajstić information content (AvgIpc) is 2.27. The number of ether oxygens (including phenoxy) is 1. The maximum absolute atomic E-state index is 11.8. The van der Waals surface area contributed by atoms with E-state index in [0.717, 1.165) is 12.8 Å². The number of hydrogen-bond acceptors (Lipinski definition) is 4. The average molecular weight is 255 g/mol. The van der Waals surface area contributed by atoms with Crippen LogP contribution in [0.15, 0.2) is 0 Å². The molecule has 0 unspecified atom stereocenters. The third kappa shape index (κ3) is 5.17. The first-order valence-electron chi connectivity index (χ1n) is 6.82. The Morgan fingerprint density at radius 3 is 2.28 bits per heavy atom. The monoisotopic (exact) mass is 255 g/mol. The van der Waals surface area contributed by atoms with Crippen molar-refractivity contribution >= 4 is 11.8 Å². The fourth-order valence-electron chi connectivity index (χ4n) is 2.37. The Kier molecular flexibility index (Phi) is 5.32. The van der Waals surface area contributed by atoms with Crippen LogP contribution in [-0.4, -0.2) is 23.4 Å². The van der Waals surface area contributed by atoms with E-state index in [1.165, 1.54) is 19.3 Å². The van der Waals surface area contributed by atoms with Gasteiger partial charge in [-0.1, -0.05) is 32.1 Å². The largest absolute Gasteiger partial charge is 0.454 e. The lowest BCUT2D eigenvalue weighted by atomic mass is 9.84. The summed E-state index contributed by atoms with van der Waals surface area (Å²) in [6, 6.07) is -0.706. The summed E-state index contributed by atoms with van der Waals surface area (Å²) < 4.78 is 5.04. The first-order chi connectivity index (χ1) is 8.29. The van der Waals surface area contributed by atoms with Gasteiger partial charge in [0.25, 0.3) is 5.78 Å². The van der Waals surface area contributed by atoms with E-state index < -0.39 is 23.4 Å². The van der Waals surface area contributed by atoms with Crippen LogP contribution >= 0.6 is 0 Å². The van der Waals surface area contributed by atoms with Gasteiger partial charge in [-0.15, -0.1) is 0 Å². The van der Waals surface area contributed by atoms with Crippen molar-refractivity contribution in [3.63, 3.8) is 0 Å². The van der Waals surface area contributed by atoms with E-state index in [-0.39, 0.29) is 0 Å². The Bertz CT molecular complexity index is 301. The molecule has 0 aromatic carbocycles. The van der Waals surface area contributed by atoms with Gasteiger partial charge in [0, 0.05) is 0 Å². The zero-order valence-corrected chi connectivity index (χ0v) is 11.7. The summed E-state index contributed by atoms with van der Waals surface area (Å²) in [6.07, 6.45) is 6.53. The standard InChI is InChI=1S/C14H25NO3/c1-14(2,3)18-13(17)12(16)11(15)9-10-7-5-4-6-8-10/h10-11H,4-9,15H2,1-3H3/t11-/m1/s1. The number of rotatable bonds is 4. The Balaban J connectivity index is 2.42. The van der Waals surface area contributed by atoms with Gasteiger partial charge in [0.1, 0.15) is 5.60 Å². The second kappa shape index (κ2) is 6.32. The Morgan fingerprint density at radius 1 is 1.22 bits per heavy atom. The van der Waals surface area contributed by atoms with E-state index in [0.29, 0.717) is 12.3 Å². The molecule has 18 heavy (non-hydrogen) atoms. The van der Waals surface area contributed by atoms with Crippen LogP contribution in [0.3, 0.4) is 0 Å². The van der Waals surface area contributed by atoms with Crippen molar-refractivity contribution in [2.24, 2.45) is 11.7 Å². The predicted molar refractivity (Wildman–Crippen MR) is 70.0 cm³/mol. The van der Waals surface area contributed by atoms with Crippen LogP contribution in [0.5, 0.6) is 0 Å². The lowest BCUT2D eigenvalue weighted by Crippen LogP contribution is -2.41. The zero-order chi connectivity index (χ0) is 13.8. The number of carbonyl (C=O) groups is 2. The van der Waals surface area contributed by atoms with E-state index in [2.05, 4.69) is 0 Å². The molecular formula is C14H25NO3. The third-order valence-corrected chi connectivity index (χ3v) is 3.25. The van der Waals surface area contributed by atoms with Crippen molar-refractivity contribution < 1.29 is 14.3 Å². The zero-order valence-electron chi connectivity index (χ0n) is 11.7. The van der Waals surface area contributed by atoms with Gasteiger partial charge in [-0.2, -0.15) is 0 Å². The topological polar surface area (TPSA) is 69.4 Å². The second-order valence-electron chi connectivity index (χ2n) is 6.21. The van der Waals surface area contributed by atoms with Crippen LogP contribution in [0, 0.1) is 5.92 Å². The lowest BCUT2D eigenvalue weighted by molar-refractivity contribution is -0.163. The van der Waals surface area contributed by atoms with E-state index in [1.54, 1.807) is 20.8 Å². The van der Waals surface area contributed by atoms with Gasteiger partial charge in [-0.25, -0.2) is 4.79 Å². The normalized spacial score (nSPS) is 19.3. The van der Waals surface area contributed by atoms with Crippen LogP contribution in [0.25, 0.3) is 0 Å². The van der Waals surface area contributed by atoms with Crippen molar-refractivity contribution in [1.82, 2.24) is 0 Å². The molecule has 0 bridgehead atoms. The van der Waals surface area contributed by atoms with E-state index in [1.807, 2.05) is 0 Å². The molecule has 4 nitrogen and oxygen atoms in total. The number of nitrogens with two attached hydrogens (primary N) is 1. The highest BCUT2D eigenvalue weighted by molar-refractivity contribution is 6.35. The SMILES string of the molecule is CC(C)(C)OC(=O)C(=O)[C@H](N)CC1CCCCC1. The molecule has 0 aliphatic heterocycles. The molecule has 104 valence electrons. The molecule has 0 saturated heterocycles. The molecule has 1 aliphatic rings. The molecule has 1 rings (SSSR count). The van der Waals surface area contributed by atoms with Crippen molar-refractivity contribution in [2.75, 3.05) is 0 Å². The van der Waals surface area contributed by atoms with Crippen molar-refractivity contribution in [3.8, 4) is 0 Å². The smallest absolute Gasteiger partial charge is 0.376 e. The molecule has 0 heterocycles. The van der Waals surface area contributed by atoms with E-state index in [4.69, 9.17) is 10.5 Å². The maximum atomic E-state index is 11.8. The van der Waals surface area contributed by atoms with Crippen molar-refractivity contribution in [2.45, 2.75) is 70.9 Å². The minimum Gasteiger partial charge on any atom is -0.454 e. The van der Waals surface area contributed by atoms with Crippen LogP contribution in [-0.2, 0) is 14.3 Å². The molecule has 0 aromatic rings. The molecule has 1 aliphatic carbocycles. The number of esters is 1. The number of carbonyl (C=O) groups excluding carboxylic acids is 2. The second-order valence-corrected chi connectivity index (χ2v) is 6.21. The van der Waals surface area contributed by atoms with E-state index >= 15 is 0 Å². The number of Topliss-reactive ketones (excluding diaryl/α,β-unsaturated/α-hetero) is 1. The summed E-state index contributed by atoms with van der Waals surface area (Å²) in [7, 11) is 0. The minimum atomic E-state index is -0.800. The fourth-order valence-corrected chi connectivity index (χ4v) is 2.37. The van der Waals surface area contributed by atoms with Crippen LogP contribution < -0.4 is 5.73 Å². The molecule has 0 aromatic heterocycles. The third-order valence-electron chi connectivity index (χ3n) is 3.25. The van der Waals surface area contributed by atoms with Gasteiger partial charge in [0.05, 0.1) is 6.04 Å². The Labute approximate surface area is 109 Å². The molecule has 2 N–H and O–H groups in total. The van der Waals surface area contributed by atoms with Gasteiger partial charge >= 0.3 is 5.97 Å². The highest BCUT2D eigenvalue weighted by Gasteiger charge is 2.29. The van der Waals surface area contributed by atoms with Gasteiger partial charge in [0.2, 0.25) is 0 Å². The first-order valence-corrected chi connectivity index (χ1v) is 6.82. The highest BCUT2D eigenvalue weighted by atomic mass is 16.6. The van der Waals surface area contributed by atoms with E-state index in [9.17, 15) is 9.59 Å². The predicted octanol–water partition coefficient (Wildman–Crippen LogP) is 2.19. The molecule has 1 fully saturated rings. The Hall–Kier alpha value is -0.900. The molecular weight excluding hydrogens is 230 g/mol. The van der Waals surface area contributed by atoms with Gasteiger partial charge in [-0.05, 0) is 33.1 Å². The highest BCUT2D eigenvalue weighted by Crippen LogP contribution is 2.27. The van der Waals surface area contributed by atoms with Crippen LogP contribution in [0.4, 0.5) is 0 Å². The quantitative estimate of drug-likeness (QED) is 0.617. The first kappa shape index (κ1) is 15.2. The van der Waals surface area contributed by atoms with Crippen LogP contribution in [0.1, 0.15) is 59.3 Å². The van der Waals surface area contributed by atoms with Gasteiger partial charge in [-0.3, -0.25) is 4.79 Å². The summed E-state index contributed by atoms with van der Waals surface area (Å²) >= 11 is 0.